The first-order valence-electron chi connectivity index (χ1n) is 14.7. The van der Waals surface area contributed by atoms with E-state index in [0.717, 1.165) is 11.3 Å². The molecule has 3 N–H and O–H groups in total. The smallest absolute Gasteiger partial charge is 0.311 e. The van der Waals surface area contributed by atoms with Gasteiger partial charge in [-0.1, -0.05) is 39.8 Å². The third kappa shape index (κ3) is 7.69. The lowest BCUT2D eigenvalue weighted by atomic mass is 9.90. The minimum absolute atomic E-state index is 0.00726. The zero-order valence-electron chi connectivity index (χ0n) is 26.4. The Morgan fingerprint density at radius 1 is 1.14 bits per heavy atom. The maximum atomic E-state index is 13.5. The number of nitrogens with zero attached hydrogens (tertiary/aromatic N) is 5. The lowest BCUT2D eigenvalue weighted by Gasteiger charge is -2.34. The van der Waals surface area contributed by atoms with Crippen molar-refractivity contribution in [1.82, 2.24) is 34.9 Å². The summed E-state index contributed by atoms with van der Waals surface area (Å²) in [6.07, 6.45) is 2.77. The average Bonchev–Trinajstić information content (AvgIpc) is 3.31. The predicted octanol–water partition coefficient (Wildman–Crippen LogP) is 2.90. The van der Waals surface area contributed by atoms with Gasteiger partial charge < -0.3 is 20.6 Å². The lowest BCUT2D eigenvalue weighted by Crippen LogP contribution is -2.53. The summed E-state index contributed by atoms with van der Waals surface area (Å²) < 4.78 is 16.2. The van der Waals surface area contributed by atoms with E-state index in [0.29, 0.717) is 12.0 Å². The largest absolute Gasteiger partial charge is 0.501 e. The molecule has 2 heterocycles. The van der Waals surface area contributed by atoms with E-state index in [-0.39, 0.29) is 44.2 Å². The van der Waals surface area contributed by atoms with Crippen molar-refractivity contribution in [3.8, 4) is 5.75 Å². The molecule has 0 aliphatic carbocycles. The molecule has 238 valence electrons. The monoisotopic (exact) mass is 611 g/mol. The van der Waals surface area contributed by atoms with Crippen molar-refractivity contribution >= 4 is 17.7 Å². The predicted molar refractivity (Wildman–Crippen MR) is 162 cm³/mol. The Bertz CT molecular complexity index is 1560. The quantitative estimate of drug-likeness (QED) is 0.267. The number of rotatable bonds is 12. The Morgan fingerprint density at radius 3 is 2.32 bits per heavy atom. The minimum atomic E-state index is -1.33. The van der Waals surface area contributed by atoms with Gasteiger partial charge in [0.25, 0.3) is 11.5 Å². The van der Waals surface area contributed by atoms with Crippen LogP contribution in [0.5, 0.6) is 5.75 Å². The summed E-state index contributed by atoms with van der Waals surface area (Å²) in [6.45, 7) is 9.63. The number of amides is 3. The van der Waals surface area contributed by atoms with E-state index in [2.05, 4.69) is 20.7 Å². The Morgan fingerprint density at radius 2 is 1.77 bits per heavy atom. The van der Waals surface area contributed by atoms with E-state index in [4.69, 9.17) is 0 Å². The Kier molecular flexibility index (Phi) is 11.0. The molecular formula is C31H42FN7O5. The molecule has 0 aliphatic rings. The van der Waals surface area contributed by atoms with E-state index >= 15 is 0 Å². The van der Waals surface area contributed by atoms with Gasteiger partial charge in [0.2, 0.25) is 5.75 Å². The molecule has 0 spiro atoms. The maximum Gasteiger partial charge on any atom is 0.311 e. The highest BCUT2D eigenvalue weighted by Crippen LogP contribution is 2.29. The normalized spacial score (nSPS) is 11.5. The van der Waals surface area contributed by atoms with Crippen LogP contribution in [0.25, 0.3) is 0 Å². The fourth-order valence-electron chi connectivity index (χ4n) is 4.91. The van der Waals surface area contributed by atoms with Crippen LogP contribution in [0.3, 0.4) is 0 Å². The second kappa shape index (κ2) is 14.3. The summed E-state index contributed by atoms with van der Waals surface area (Å²) in [4.78, 5) is 59.1. The van der Waals surface area contributed by atoms with E-state index in [9.17, 15) is 28.7 Å². The number of hydrogen-bond donors (Lipinski definition) is 3. The topological polar surface area (TPSA) is 151 Å². The Hall–Kier alpha value is -4.55. The number of carbonyl (C=O) groups excluding carboxylic acids is 3. The third-order valence-electron chi connectivity index (χ3n) is 7.71. The van der Waals surface area contributed by atoms with Crippen LogP contribution < -0.4 is 16.2 Å². The summed E-state index contributed by atoms with van der Waals surface area (Å²) in [7, 11) is 3.28. The van der Waals surface area contributed by atoms with E-state index in [1.165, 1.54) is 40.8 Å². The molecule has 13 heteroatoms. The summed E-state index contributed by atoms with van der Waals surface area (Å²) in [5.41, 5.74) is -0.558. The van der Waals surface area contributed by atoms with Crippen molar-refractivity contribution < 1.29 is 23.9 Å². The van der Waals surface area contributed by atoms with E-state index in [1.54, 1.807) is 31.8 Å². The van der Waals surface area contributed by atoms with Crippen molar-refractivity contribution in [2.75, 3.05) is 7.05 Å². The SMILES string of the molecule is CCC(CC)(NC(=O)C(=O)N(C)Cc1cn(C)nc1C)c1nc(C(=O)NCc2ccc(F)cc2)c(O)c(=O)n1CCC(C)C. The van der Waals surface area contributed by atoms with Crippen LogP contribution in [0.2, 0.25) is 0 Å². The minimum Gasteiger partial charge on any atom is -0.501 e. The van der Waals surface area contributed by atoms with E-state index < -0.39 is 46.1 Å². The van der Waals surface area contributed by atoms with Crippen molar-refractivity contribution in [2.24, 2.45) is 13.0 Å². The van der Waals surface area contributed by atoms with Crippen molar-refractivity contribution in [1.29, 1.82) is 0 Å². The second-order valence-corrected chi connectivity index (χ2v) is 11.4. The van der Waals surface area contributed by atoms with Gasteiger partial charge in [-0.2, -0.15) is 5.10 Å². The Balaban J connectivity index is 2.00. The van der Waals surface area contributed by atoms with Crippen LogP contribution in [0, 0.1) is 18.7 Å². The van der Waals surface area contributed by atoms with Crippen LogP contribution >= 0.6 is 0 Å². The summed E-state index contributed by atoms with van der Waals surface area (Å²) >= 11 is 0. The fraction of sp³-hybridized carbons (Fsp3) is 0.484. The van der Waals surface area contributed by atoms with Crippen LogP contribution in [0.15, 0.2) is 35.3 Å². The highest BCUT2D eigenvalue weighted by Gasteiger charge is 2.39. The molecule has 3 amide bonds. The fourth-order valence-corrected chi connectivity index (χ4v) is 4.91. The molecule has 12 nitrogen and oxygen atoms in total. The number of aryl methyl sites for hydroxylation is 2. The first kappa shape index (κ1) is 33.9. The summed E-state index contributed by atoms with van der Waals surface area (Å²) in [5.74, 6) is -3.54. The molecule has 0 saturated carbocycles. The van der Waals surface area contributed by atoms with Crippen LogP contribution in [-0.2, 0) is 41.8 Å². The molecule has 0 atom stereocenters. The Labute approximate surface area is 256 Å². The maximum absolute atomic E-state index is 13.5. The van der Waals surface area contributed by atoms with E-state index in [1.807, 2.05) is 20.8 Å². The molecule has 0 fully saturated rings. The molecule has 0 unspecified atom stereocenters. The zero-order chi connectivity index (χ0) is 32.8. The molecule has 0 saturated heterocycles. The first-order valence-corrected chi connectivity index (χ1v) is 14.7. The average molecular weight is 612 g/mol. The highest BCUT2D eigenvalue weighted by molar-refractivity contribution is 6.35. The van der Waals surface area contributed by atoms with Gasteiger partial charge in [0.1, 0.15) is 11.6 Å². The molecule has 0 aliphatic heterocycles. The van der Waals surface area contributed by atoms with Crippen LogP contribution in [-0.4, -0.2) is 54.1 Å². The summed E-state index contributed by atoms with van der Waals surface area (Å²) in [6, 6.07) is 5.50. The molecule has 2 aromatic heterocycles. The van der Waals surface area contributed by atoms with Crippen LogP contribution in [0.4, 0.5) is 4.39 Å². The van der Waals surface area contributed by atoms with Crippen LogP contribution in [0.1, 0.15) is 80.1 Å². The van der Waals surface area contributed by atoms with Gasteiger partial charge >= 0.3 is 11.8 Å². The second-order valence-electron chi connectivity index (χ2n) is 11.4. The molecule has 0 radical (unpaired) electrons. The number of carbonyl (C=O) groups is 3. The zero-order valence-corrected chi connectivity index (χ0v) is 26.4. The van der Waals surface area contributed by atoms with Gasteiger partial charge in [0, 0.05) is 45.5 Å². The lowest BCUT2D eigenvalue weighted by molar-refractivity contribution is -0.146. The van der Waals surface area contributed by atoms with Gasteiger partial charge in [-0.15, -0.1) is 0 Å². The number of halogens is 1. The van der Waals surface area contributed by atoms with Gasteiger partial charge in [0.05, 0.1) is 11.2 Å². The molecule has 3 rings (SSSR count). The van der Waals surface area contributed by atoms with Crippen molar-refractivity contribution in [3.63, 3.8) is 0 Å². The van der Waals surface area contributed by atoms with Gasteiger partial charge in [-0.3, -0.25) is 28.4 Å². The number of aromatic nitrogens is 4. The standard InChI is InChI=1S/C31H42FN7O5/c1-8-31(9-2,35-27(42)29(44)37(6)17-22-18-38(7)36-20(22)5)30-34-24(25(40)28(43)39(30)15-14-19(3)4)26(41)33-16-21-10-12-23(32)13-11-21/h10-13,18-19,40H,8-9,14-17H2,1-7H3,(H,33,41)(H,35,42). The van der Waals surface area contributed by atoms with Gasteiger partial charge in [-0.25, -0.2) is 9.37 Å². The van der Waals surface area contributed by atoms with Gasteiger partial charge in [-0.05, 0) is 49.8 Å². The number of aromatic hydroxyl groups is 1. The van der Waals surface area contributed by atoms with Crippen molar-refractivity contribution in [2.45, 2.75) is 79.1 Å². The number of nitrogens with one attached hydrogen (secondary N) is 2. The molecule has 0 bridgehead atoms. The van der Waals surface area contributed by atoms with Gasteiger partial charge in [0.15, 0.2) is 5.69 Å². The van der Waals surface area contributed by atoms with Crippen molar-refractivity contribution in [3.05, 3.63) is 75.0 Å². The molecule has 44 heavy (non-hydrogen) atoms. The highest BCUT2D eigenvalue weighted by atomic mass is 19.1. The third-order valence-corrected chi connectivity index (χ3v) is 7.71. The first-order chi connectivity index (χ1) is 20.7. The number of benzene rings is 1. The number of likely N-dealkylation sites (N-methyl/N-ethyl adjacent to an activating group) is 1. The molecule has 1 aromatic carbocycles. The number of hydrogen-bond acceptors (Lipinski definition) is 7. The summed E-state index contributed by atoms with van der Waals surface area (Å²) in [5, 5.41) is 20.5. The molecular weight excluding hydrogens is 569 g/mol. The molecule has 3 aromatic rings.